The van der Waals surface area contributed by atoms with Crippen LogP contribution in [0.2, 0.25) is 0 Å². The minimum absolute atomic E-state index is 0.211. The zero-order chi connectivity index (χ0) is 22.5. The summed E-state index contributed by atoms with van der Waals surface area (Å²) in [5, 5.41) is 3.09. The van der Waals surface area contributed by atoms with E-state index in [1.807, 2.05) is 0 Å². The van der Waals surface area contributed by atoms with Crippen molar-refractivity contribution in [2.24, 2.45) is 0 Å². The normalized spacial score (nSPS) is 14.8. The standard InChI is InChI=1S/C22H23NO7S/c1-27-14-8-5-12(11-15(14)28-2)6-10-17(24)23-20-19(22(26)30-4)18-13(21(25)29-3)7-9-16(18)31-20/h5-6,8,10-11,13H,7,9H2,1-4H3,(H,23,24). The molecule has 0 spiro atoms. The summed E-state index contributed by atoms with van der Waals surface area (Å²) < 4.78 is 20.2. The molecule has 31 heavy (non-hydrogen) atoms. The highest BCUT2D eigenvalue weighted by Gasteiger charge is 2.38. The summed E-state index contributed by atoms with van der Waals surface area (Å²) in [6, 6.07) is 5.26. The second-order valence-electron chi connectivity index (χ2n) is 6.69. The second-order valence-corrected chi connectivity index (χ2v) is 7.79. The molecule has 1 atom stereocenters. The number of carbonyl (C=O) groups is 3. The van der Waals surface area contributed by atoms with E-state index in [2.05, 4.69) is 5.32 Å². The number of esters is 2. The molecule has 0 fully saturated rings. The van der Waals surface area contributed by atoms with Gasteiger partial charge in [0.2, 0.25) is 5.91 Å². The van der Waals surface area contributed by atoms with Crippen LogP contribution in [0, 0.1) is 0 Å². The Kier molecular flexibility index (Phi) is 6.96. The van der Waals surface area contributed by atoms with Gasteiger partial charge in [0, 0.05) is 11.0 Å². The molecule has 1 unspecified atom stereocenters. The Morgan fingerprint density at radius 3 is 2.45 bits per heavy atom. The molecule has 1 aromatic carbocycles. The molecule has 1 aliphatic rings. The van der Waals surface area contributed by atoms with E-state index in [0.717, 1.165) is 10.4 Å². The van der Waals surface area contributed by atoms with Crippen LogP contribution >= 0.6 is 11.3 Å². The minimum atomic E-state index is -0.604. The van der Waals surface area contributed by atoms with Crippen LogP contribution in [-0.2, 0) is 25.5 Å². The first kappa shape index (κ1) is 22.4. The number of hydrogen-bond acceptors (Lipinski definition) is 8. The van der Waals surface area contributed by atoms with E-state index in [1.165, 1.54) is 38.7 Å². The Labute approximate surface area is 183 Å². The highest BCUT2D eigenvalue weighted by atomic mass is 32.1. The molecule has 0 saturated heterocycles. The van der Waals surface area contributed by atoms with Gasteiger partial charge in [-0.15, -0.1) is 11.3 Å². The van der Waals surface area contributed by atoms with Crippen LogP contribution in [0.4, 0.5) is 5.00 Å². The largest absolute Gasteiger partial charge is 0.493 e. The van der Waals surface area contributed by atoms with Gasteiger partial charge in [-0.2, -0.15) is 0 Å². The lowest BCUT2D eigenvalue weighted by atomic mass is 9.99. The Bertz CT molecular complexity index is 1040. The smallest absolute Gasteiger partial charge is 0.341 e. The van der Waals surface area contributed by atoms with Gasteiger partial charge in [0.1, 0.15) is 5.00 Å². The van der Waals surface area contributed by atoms with Crippen molar-refractivity contribution in [3.05, 3.63) is 45.8 Å². The van der Waals surface area contributed by atoms with Crippen molar-refractivity contribution >= 4 is 40.3 Å². The van der Waals surface area contributed by atoms with Crippen LogP contribution in [-0.4, -0.2) is 46.3 Å². The molecule has 0 radical (unpaired) electrons. The fraction of sp³-hybridized carbons (Fsp3) is 0.318. The fourth-order valence-electron chi connectivity index (χ4n) is 3.52. The number of rotatable bonds is 7. The fourth-order valence-corrected chi connectivity index (χ4v) is 4.79. The van der Waals surface area contributed by atoms with E-state index < -0.39 is 23.8 Å². The lowest BCUT2D eigenvalue weighted by Gasteiger charge is -2.11. The molecule has 3 rings (SSSR count). The third kappa shape index (κ3) is 4.56. The summed E-state index contributed by atoms with van der Waals surface area (Å²) in [6.07, 6.45) is 4.16. The number of thiophene rings is 1. The lowest BCUT2D eigenvalue weighted by Crippen LogP contribution is -2.16. The van der Waals surface area contributed by atoms with E-state index in [1.54, 1.807) is 31.4 Å². The van der Waals surface area contributed by atoms with Gasteiger partial charge < -0.3 is 24.3 Å². The van der Waals surface area contributed by atoms with Gasteiger partial charge in [0.05, 0.1) is 39.9 Å². The van der Waals surface area contributed by atoms with Crippen LogP contribution in [0.1, 0.15) is 38.7 Å². The maximum absolute atomic E-state index is 12.5. The van der Waals surface area contributed by atoms with Gasteiger partial charge in [-0.05, 0) is 42.2 Å². The number of methoxy groups -OCH3 is 4. The van der Waals surface area contributed by atoms with E-state index in [9.17, 15) is 14.4 Å². The molecule has 0 saturated carbocycles. The monoisotopic (exact) mass is 445 g/mol. The van der Waals surface area contributed by atoms with Crippen molar-refractivity contribution in [3.8, 4) is 11.5 Å². The first-order valence-corrected chi connectivity index (χ1v) is 10.3. The van der Waals surface area contributed by atoms with Crippen LogP contribution in [0.5, 0.6) is 11.5 Å². The topological polar surface area (TPSA) is 100 Å². The Morgan fingerprint density at radius 1 is 1.06 bits per heavy atom. The summed E-state index contributed by atoms with van der Waals surface area (Å²) in [5.41, 5.74) is 1.53. The number of hydrogen-bond donors (Lipinski definition) is 1. The van der Waals surface area contributed by atoms with Crippen LogP contribution < -0.4 is 14.8 Å². The first-order valence-electron chi connectivity index (χ1n) is 9.46. The summed E-state index contributed by atoms with van der Waals surface area (Å²) in [5.74, 6) is -0.852. The SMILES string of the molecule is COC(=O)c1c(NC(=O)C=Cc2ccc(OC)c(OC)c2)sc2c1C(C(=O)OC)CC2. The highest BCUT2D eigenvalue weighted by molar-refractivity contribution is 7.17. The van der Waals surface area contributed by atoms with Gasteiger partial charge in [-0.3, -0.25) is 9.59 Å². The average molecular weight is 445 g/mol. The van der Waals surface area contributed by atoms with Crippen molar-refractivity contribution in [2.75, 3.05) is 33.8 Å². The van der Waals surface area contributed by atoms with Gasteiger partial charge in [-0.1, -0.05) is 6.07 Å². The Hall–Kier alpha value is -3.33. The number of carbonyl (C=O) groups excluding carboxylic acids is 3. The van der Waals surface area contributed by atoms with Gasteiger partial charge in [-0.25, -0.2) is 4.79 Å². The van der Waals surface area contributed by atoms with Gasteiger partial charge in [0.15, 0.2) is 11.5 Å². The molecule has 1 heterocycles. The van der Waals surface area contributed by atoms with Gasteiger partial charge in [0.25, 0.3) is 0 Å². The van der Waals surface area contributed by atoms with Crippen molar-refractivity contribution in [1.29, 1.82) is 0 Å². The predicted octanol–water partition coefficient (Wildman–Crippen LogP) is 3.41. The van der Waals surface area contributed by atoms with Crippen molar-refractivity contribution in [3.63, 3.8) is 0 Å². The second kappa shape index (κ2) is 9.65. The van der Waals surface area contributed by atoms with E-state index in [-0.39, 0.29) is 5.56 Å². The molecule has 0 bridgehead atoms. The summed E-state index contributed by atoms with van der Waals surface area (Å²) in [6.45, 7) is 0. The number of aryl methyl sites for hydroxylation is 1. The molecule has 0 aliphatic heterocycles. The third-order valence-corrected chi connectivity index (χ3v) is 6.16. The maximum Gasteiger partial charge on any atom is 0.341 e. The molecule has 1 aliphatic carbocycles. The molecule has 1 amide bonds. The lowest BCUT2D eigenvalue weighted by molar-refractivity contribution is -0.142. The maximum atomic E-state index is 12.5. The zero-order valence-corrected chi connectivity index (χ0v) is 18.5. The number of benzene rings is 1. The molecule has 1 aromatic heterocycles. The number of fused-ring (bicyclic) bond motifs is 1. The number of amides is 1. The van der Waals surface area contributed by atoms with E-state index in [4.69, 9.17) is 18.9 Å². The van der Waals surface area contributed by atoms with Crippen molar-refractivity contribution in [1.82, 2.24) is 0 Å². The number of nitrogens with one attached hydrogen (secondary N) is 1. The van der Waals surface area contributed by atoms with Crippen molar-refractivity contribution < 1.29 is 33.3 Å². The average Bonchev–Trinajstić information content (AvgIpc) is 3.35. The van der Waals surface area contributed by atoms with Crippen LogP contribution in [0.15, 0.2) is 24.3 Å². The molecule has 1 N–H and O–H groups in total. The quantitative estimate of drug-likeness (QED) is 0.515. The van der Waals surface area contributed by atoms with Crippen molar-refractivity contribution in [2.45, 2.75) is 18.8 Å². The zero-order valence-electron chi connectivity index (χ0n) is 17.6. The highest BCUT2D eigenvalue weighted by Crippen LogP contribution is 2.45. The Balaban J connectivity index is 1.84. The minimum Gasteiger partial charge on any atom is -0.493 e. The molecular formula is C22H23NO7S. The first-order chi connectivity index (χ1) is 14.9. The molecule has 2 aromatic rings. The van der Waals surface area contributed by atoms with Gasteiger partial charge >= 0.3 is 11.9 Å². The van der Waals surface area contributed by atoms with Crippen LogP contribution in [0.25, 0.3) is 6.08 Å². The predicted molar refractivity (Wildman–Crippen MR) is 116 cm³/mol. The summed E-state index contributed by atoms with van der Waals surface area (Å²) >= 11 is 1.27. The summed E-state index contributed by atoms with van der Waals surface area (Å²) in [7, 11) is 5.65. The molecular weight excluding hydrogens is 422 g/mol. The van der Waals surface area contributed by atoms with Crippen LogP contribution in [0.3, 0.4) is 0 Å². The molecule has 164 valence electrons. The van der Waals surface area contributed by atoms with E-state index >= 15 is 0 Å². The third-order valence-electron chi connectivity index (χ3n) is 4.98. The number of ether oxygens (including phenoxy) is 4. The Morgan fingerprint density at radius 2 is 1.81 bits per heavy atom. The summed E-state index contributed by atoms with van der Waals surface area (Å²) in [4.78, 5) is 38.0. The molecule has 8 nitrogen and oxygen atoms in total. The van der Waals surface area contributed by atoms with E-state index in [0.29, 0.717) is 34.9 Å². The molecule has 9 heteroatoms. The number of anilines is 1.